The molecule has 2 aliphatic heterocycles. The minimum atomic E-state index is -1.48. The van der Waals surface area contributed by atoms with Gasteiger partial charge in [0.15, 0.2) is 11.2 Å². The van der Waals surface area contributed by atoms with Crippen LogP contribution in [0.25, 0.3) is 10.9 Å². The maximum atomic E-state index is 13.2. The van der Waals surface area contributed by atoms with Crippen molar-refractivity contribution in [2.75, 3.05) is 20.2 Å². The van der Waals surface area contributed by atoms with E-state index in [4.69, 9.17) is 9.47 Å². The fraction of sp³-hybridized carbons (Fsp3) is 0.320. The van der Waals surface area contributed by atoms with Crippen LogP contribution < -0.4 is 0 Å². The van der Waals surface area contributed by atoms with Crippen molar-refractivity contribution in [3.8, 4) is 0 Å². The maximum Gasteiger partial charge on any atom is 0.326 e. The summed E-state index contributed by atoms with van der Waals surface area (Å²) in [4.78, 5) is 44.8. The Balaban J connectivity index is 1.57. The van der Waals surface area contributed by atoms with E-state index in [1.807, 2.05) is 59.5 Å². The molecular weight excluding hydrogens is 408 g/mol. The second-order valence-corrected chi connectivity index (χ2v) is 8.38. The average Bonchev–Trinajstić information content (AvgIpc) is 3.15. The van der Waals surface area contributed by atoms with E-state index in [1.165, 1.54) is 7.11 Å². The summed E-state index contributed by atoms with van der Waals surface area (Å²) < 4.78 is 10.8. The third kappa shape index (κ3) is 3.12. The topological polar surface area (TPSA) is 88.7 Å². The van der Waals surface area contributed by atoms with Gasteiger partial charge in [-0.3, -0.25) is 19.3 Å². The zero-order valence-corrected chi connectivity index (χ0v) is 17.8. The van der Waals surface area contributed by atoms with Crippen LogP contribution in [0, 0.1) is 0 Å². The lowest BCUT2D eigenvalue weighted by atomic mass is 9.75. The van der Waals surface area contributed by atoms with E-state index in [-0.39, 0.29) is 31.3 Å². The van der Waals surface area contributed by atoms with Gasteiger partial charge in [-0.05, 0) is 17.2 Å². The van der Waals surface area contributed by atoms with Gasteiger partial charge in [-0.25, -0.2) is 0 Å². The Morgan fingerprint density at radius 1 is 1.12 bits per heavy atom. The van der Waals surface area contributed by atoms with Crippen LogP contribution in [0.5, 0.6) is 0 Å². The summed E-state index contributed by atoms with van der Waals surface area (Å²) in [5.41, 5.74) is 1.59. The van der Waals surface area contributed by atoms with E-state index in [1.54, 1.807) is 0 Å². The van der Waals surface area contributed by atoms with Crippen molar-refractivity contribution in [1.82, 2.24) is 9.88 Å². The predicted octanol–water partition coefficient (Wildman–Crippen LogP) is 2.52. The average molecular weight is 432 g/mol. The number of carbonyl (C=O) groups is 3. The van der Waals surface area contributed by atoms with Crippen molar-refractivity contribution < 1.29 is 23.9 Å². The number of piperidine rings is 1. The van der Waals surface area contributed by atoms with Gasteiger partial charge in [-0.2, -0.15) is 0 Å². The number of para-hydroxylation sites is 1. The van der Waals surface area contributed by atoms with E-state index in [0.717, 1.165) is 22.0 Å². The first-order valence-electron chi connectivity index (χ1n) is 10.7. The molecule has 7 nitrogen and oxygen atoms in total. The number of H-pyrrole nitrogens is 1. The molecule has 1 N–H and O–H groups in total. The summed E-state index contributed by atoms with van der Waals surface area (Å²) in [5, 5.41) is 0.896. The fourth-order valence-electron chi connectivity index (χ4n) is 5.03. The molecule has 1 unspecified atom stereocenters. The zero-order chi connectivity index (χ0) is 22.3. The van der Waals surface area contributed by atoms with Gasteiger partial charge < -0.3 is 14.5 Å². The molecule has 0 amide bonds. The quantitative estimate of drug-likeness (QED) is 0.504. The Bertz CT molecular complexity index is 1190. The predicted molar refractivity (Wildman–Crippen MR) is 117 cm³/mol. The van der Waals surface area contributed by atoms with Gasteiger partial charge in [0.05, 0.1) is 7.11 Å². The second kappa shape index (κ2) is 7.91. The standard InChI is InChI=1S/C25H24N2O5/c1-31-24(30)25-15-27(12-11-21(25)28)20(23(29)32-14-16-7-3-2-4-8-16)13-18-17-9-5-6-10-19(17)26-22(18)25/h2-10,20,26H,11-15H2,1H3/t20-,25-/m1/s1. The summed E-state index contributed by atoms with van der Waals surface area (Å²) in [6.45, 7) is 0.653. The Morgan fingerprint density at radius 3 is 2.66 bits per heavy atom. The highest BCUT2D eigenvalue weighted by Crippen LogP contribution is 2.41. The number of hydrogen-bond acceptors (Lipinski definition) is 6. The number of ketones is 1. The maximum absolute atomic E-state index is 13.2. The van der Waals surface area contributed by atoms with E-state index in [0.29, 0.717) is 18.7 Å². The first kappa shape index (κ1) is 20.5. The number of methoxy groups -OCH3 is 1. The van der Waals surface area contributed by atoms with Crippen LogP contribution >= 0.6 is 0 Å². The number of carbonyl (C=O) groups excluding carboxylic acids is 3. The molecule has 1 aromatic heterocycles. The Hall–Kier alpha value is -3.45. The third-order valence-corrected chi connectivity index (χ3v) is 6.65. The van der Waals surface area contributed by atoms with Crippen molar-refractivity contribution >= 4 is 28.6 Å². The lowest BCUT2D eigenvalue weighted by Crippen LogP contribution is -2.59. The lowest BCUT2D eigenvalue weighted by molar-refractivity contribution is -0.160. The summed E-state index contributed by atoms with van der Waals surface area (Å²) in [6.07, 6.45) is 0.505. The highest BCUT2D eigenvalue weighted by Gasteiger charge is 2.57. The van der Waals surface area contributed by atoms with Crippen LogP contribution in [-0.4, -0.2) is 53.8 Å². The molecule has 2 bridgehead atoms. The molecule has 3 atom stereocenters. The van der Waals surface area contributed by atoms with Gasteiger partial charge in [0.2, 0.25) is 0 Å². The monoisotopic (exact) mass is 432 g/mol. The highest BCUT2D eigenvalue weighted by atomic mass is 16.5. The van der Waals surface area contributed by atoms with Crippen LogP contribution in [-0.2, 0) is 42.3 Å². The van der Waals surface area contributed by atoms with Crippen molar-refractivity contribution in [1.29, 1.82) is 0 Å². The fourth-order valence-corrected chi connectivity index (χ4v) is 5.03. The number of hydrogen-bond donors (Lipinski definition) is 1. The van der Waals surface area contributed by atoms with Crippen LogP contribution in [0.1, 0.15) is 23.2 Å². The minimum absolute atomic E-state index is 0.0867. The number of nitrogens with zero attached hydrogens (tertiary/aromatic N) is 1. The zero-order valence-electron chi connectivity index (χ0n) is 17.8. The number of Topliss-reactive ketones (excluding diaryl/α,β-unsaturated/α-hetero) is 1. The molecule has 0 radical (unpaired) electrons. The number of fused-ring (bicyclic) bond motifs is 6. The molecule has 7 heteroatoms. The molecule has 164 valence electrons. The smallest absolute Gasteiger partial charge is 0.326 e. The molecule has 1 saturated heterocycles. The van der Waals surface area contributed by atoms with Crippen LogP contribution in [0.15, 0.2) is 54.6 Å². The number of aromatic nitrogens is 1. The van der Waals surface area contributed by atoms with E-state index in [9.17, 15) is 14.4 Å². The van der Waals surface area contributed by atoms with E-state index < -0.39 is 17.4 Å². The van der Waals surface area contributed by atoms with Gasteiger partial charge in [0.1, 0.15) is 12.6 Å². The number of benzene rings is 2. The summed E-state index contributed by atoms with van der Waals surface area (Å²) in [5.74, 6) is -1.15. The molecule has 0 aliphatic carbocycles. The van der Waals surface area contributed by atoms with Crippen molar-refractivity contribution in [3.05, 3.63) is 71.4 Å². The normalized spacial score (nSPS) is 24.5. The van der Waals surface area contributed by atoms with Gasteiger partial charge in [-0.1, -0.05) is 48.5 Å². The first-order valence-corrected chi connectivity index (χ1v) is 10.7. The Morgan fingerprint density at radius 2 is 1.88 bits per heavy atom. The summed E-state index contributed by atoms with van der Waals surface area (Å²) in [6, 6.07) is 16.6. The van der Waals surface area contributed by atoms with Gasteiger partial charge in [0.25, 0.3) is 0 Å². The van der Waals surface area contributed by atoms with Crippen LogP contribution in [0.4, 0.5) is 0 Å². The number of nitrogens with one attached hydrogen (secondary N) is 1. The molecule has 3 heterocycles. The summed E-state index contributed by atoms with van der Waals surface area (Å²) in [7, 11) is 1.29. The molecule has 5 rings (SSSR count). The summed E-state index contributed by atoms with van der Waals surface area (Å²) >= 11 is 0. The molecule has 2 aliphatic rings. The number of esters is 2. The molecule has 0 saturated carbocycles. The Labute approximate surface area is 185 Å². The van der Waals surface area contributed by atoms with E-state index >= 15 is 0 Å². The molecule has 0 spiro atoms. The largest absolute Gasteiger partial charge is 0.468 e. The minimum Gasteiger partial charge on any atom is -0.468 e. The van der Waals surface area contributed by atoms with Gasteiger partial charge in [-0.15, -0.1) is 0 Å². The van der Waals surface area contributed by atoms with Gasteiger partial charge >= 0.3 is 11.9 Å². The first-order chi connectivity index (χ1) is 15.5. The molecular formula is C25H24N2O5. The Kier molecular flexibility index (Phi) is 5.06. The third-order valence-electron chi connectivity index (χ3n) is 6.65. The number of rotatable bonds is 4. The number of aromatic amines is 1. The van der Waals surface area contributed by atoms with Crippen LogP contribution in [0.3, 0.4) is 0 Å². The highest BCUT2D eigenvalue weighted by molar-refractivity contribution is 6.12. The molecule has 3 aromatic rings. The number of ether oxygens (including phenoxy) is 2. The molecule has 32 heavy (non-hydrogen) atoms. The second-order valence-electron chi connectivity index (χ2n) is 8.38. The SMILES string of the molecule is COC(=O)[C@]12CN(CCC1=O)[C@@H](C(=O)OCc1ccccc1)Cc1c2[nH]c2ccccc12. The lowest BCUT2D eigenvalue weighted by Gasteiger charge is -2.39. The van der Waals surface area contributed by atoms with Crippen molar-refractivity contribution in [3.63, 3.8) is 0 Å². The van der Waals surface area contributed by atoms with Crippen LogP contribution in [0.2, 0.25) is 0 Å². The van der Waals surface area contributed by atoms with Crippen molar-refractivity contribution in [2.24, 2.45) is 0 Å². The van der Waals surface area contributed by atoms with E-state index in [2.05, 4.69) is 4.98 Å². The van der Waals surface area contributed by atoms with Crippen molar-refractivity contribution in [2.45, 2.75) is 30.9 Å². The molecule has 2 aromatic carbocycles. The van der Waals surface area contributed by atoms with Gasteiger partial charge in [0, 0.05) is 42.5 Å². The molecule has 1 fully saturated rings.